The third kappa shape index (κ3) is 4.87. The largest absolute Gasteiger partial charge is 0.369 e. The highest BCUT2D eigenvalue weighted by Crippen LogP contribution is 2.36. The highest BCUT2D eigenvalue weighted by molar-refractivity contribution is 5.97. The molecule has 2 aromatic carbocycles. The number of nitrogens with zero attached hydrogens (tertiary/aromatic N) is 6. The maximum absolute atomic E-state index is 13.2. The van der Waals surface area contributed by atoms with Gasteiger partial charge in [-0.3, -0.25) is 19.1 Å². The van der Waals surface area contributed by atoms with E-state index in [0.717, 1.165) is 39.0 Å². The number of hydrogen-bond donors (Lipinski definition) is 0. The van der Waals surface area contributed by atoms with Crippen LogP contribution >= 0.6 is 0 Å². The van der Waals surface area contributed by atoms with Gasteiger partial charge in [0.25, 0.3) is 0 Å². The number of benzene rings is 2. The van der Waals surface area contributed by atoms with E-state index < -0.39 is 0 Å². The van der Waals surface area contributed by atoms with Gasteiger partial charge >= 0.3 is 0 Å². The number of piperazine rings is 1. The van der Waals surface area contributed by atoms with Crippen LogP contribution in [0.3, 0.4) is 0 Å². The van der Waals surface area contributed by atoms with E-state index in [9.17, 15) is 4.79 Å². The van der Waals surface area contributed by atoms with Crippen molar-refractivity contribution >= 4 is 22.4 Å². The number of aryl methyl sites for hydroxylation is 2. The normalized spacial score (nSPS) is 18.7. The van der Waals surface area contributed by atoms with Gasteiger partial charge in [0.05, 0.1) is 35.6 Å². The van der Waals surface area contributed by atoms with Gasteiger partial charge in [0, 0.05) is 49.5 Å². The number of hydrogen-bond acceptors (Lipinski definition) is 5. The number of anilines is 1. The minimum absolute atomic E-state index is 0.147. The molecule has 1 atom stereocenters. The average molecular weight is 511 g/mol. The second-order valence-electron chi connectivity index (χ2n) is 10.8. The van der Waals surface area contributed by atoms with Gasteiger partial charge in [-0.15, -0.1) is 0 Å². The molecule has 2 fully saturated rings. The molecule has 0 N–H and O–H groups in total. The van der Waals surface area contributed by atoms with Gasteiger partial charge in [-0.1, -0.05) is 37.3 Å². The lowest BCUT2D eigenvalue weighted by atomic mass is 9.93. The molecule has 0 radical (unpaired) electrons. The first kappa shape index (κ1) is 24.9. The summed E-state index contributed by atoms with van der Waals surface area (Å²) >= 11 is 0. The van der Waals surface area contributed by atoms with Gasteiger partial charge in [0.15, 0.2) is 5.78 Å². The molecule has 7 nitrogen and oxygen atoms in total. The van der Waals surface area contributed by atoms with E-state index in [2.05, 4.69) is 75.0 Å². The molecule has 38 heavy (non-hydrogen) atoms. The first-order valence-corrected chi connectivity index (χ1v) is 14.2. The molecule has 3 heterocycles. The van der Waals surface area contributed by atoms with Crippen molar-refractivity contribution in [2.24, 2.45) is 0 Å². The van der Waals surface area contributed by atoms with E-state index >= 15 is 0 Å². The van der Waals surface area contributed by atoms with Crippen LogP contribution in [0.2, 0.25) is 0 Å². The van der Waals surface area contributed by atoms with Crippen molar-refractivity contribution in [2.45, 2.75) is 64.6 Å². The van der Waals surface area contributed by atoms with Gasteiger partial charge in [-0.2, -0.15) is 10.2 Å². The van der Waals surface area contributed by atoms with Crippen LogP contribution < -0.4 is 4.90 Å². The number of ketones is 1. The number of fused-ring (bicyclic) bond motifs is 1. The van der Waals surface area contributed by atoms with Crippen LogP contribution in [0.4, 0.5) is 5.69 Å². The van der Waals surface area contributed by atoms with Crippen LogP contribution in [0.25, 0.3) is 10.9 Å². The standard InChI is InChI=1S/C31H38N6O/c1-3-29-28-14-13-26(18-30(28)37(33-29)25-11-8-12-25)34-15-16-35(22-31(38)24-19-32-36(4-2)20-24)27(21-34)17-23-9-6-5-7-10-23/h5-7,9-10,13-14,18-20,25,27H,3-4,8,11-12,15-17,21-22H2,1-2H3/t27-/m0/s1. The Morgan fingerprint density at radius 3 is 2.61 bits per heavy atom. The first-order chi connectivity index (χ1) is 18.6. The summed E-state index contributed by atoms with van der Waals surface area (Å²) in [5.74, 6) is 0.147. The molecule has 198 valence electrons. The van der Waals surface area contributed by atoms with Crippen molar-refractivity contribution in [1.29, 1.82) is 0 Å². The first-order valence-electron chi connectivity index (χ1n) is 14.2. The Balaban J connectivity index is 1.25. The number of carbonyl (C=O) groups excluding carboxylic acids is 1. The Labute approximate surface area is 225 Å². The van der Waals surface area contributed by atoms with Crippen molar-refractivity contribution in [2.75, 3.05) is 31.1 Å². The summed E-state index contributed by atoms with van der Waals surface area (Å²) in [6, 6.07) is 18.4. The van der Waals surface area contributed by atoms with Gasteiger partial charge in [0.2, 0.25) is 0 Å². The Bertz CT molecular complexity index is 1400. The minimum Gasteiger partial charge on any atom is -0.369 e. The van der Waals surface area contributed by atoms with Crippen LogP contribution in [0.5, 0.6) is 0 Å². The summed E-state index contributed by atoms with van der Waals surface area (Å²) < 4.78 is 4.12. The minimum atomic E-state index is 0.147. The predicted octanol–water partition coefficient (Wildman–Crippen LogP) is 5.16. The number of carbonyl (C=O) groups is 1. The Hall–Kier alpha value is -3.45. The highest BCUT2D eigenvalue weighted by Gasteiger charge is 2.30. The van der Waals surface area contributed by atoms with Crippen LogP contribution in [0.15, 0.2) is 60.9 Å². The quantitative estimate of drug-likeness (QED) is 0.291. The maximum atomic E-state index is 13.2. The van der Waals surface area contributed by atoms with Crippen LogP contribution in [0, 0.1) is 0 Å². The van der Waals surface area contributed by atoms with Crippen LogP contribution in [-0.2, 0) is 19.4 Å². The van der Waals surface area contributed by atoms with Crippen molar-refractivity contribution in [1.82, 2.24) is 24.5 Å². The molecular formula is C31H38N6O. The van der Waals surface area contributed by atoms with Crippen molar-refractivity contribution in [3.8, 4) is 0 Å². The van der Waals surface area contributed by atoms with Gasteiger partial charge in [-0.25, -0.2) is 0 Å². The monoisotopic (exact) mass is 510 g/mol. The highest BCUT2D eigenvalue weighted by atomic mass is 16.1. The van der Waals surface area contributed by atoms with E-state index in [1.165, 1.54) is 47.1 Å². The van der Waals surface area contributed by atoms with E-state index in [1.807, 2.05) is 17.8 Å². The van der Waals surface area contributed by atoms with Crippen LogP contribution in [-0.4, -0.2) is 62.5 Å². The number of aromatic nitrogens is 4. The Kier molecular flexibility index (Phi) is 7.02. The summed E-state index contributed by atoms with van der Waals surface area (Å²) in [5, 5.41) is 10.6. The molecule has 2 aliphatic rings. The molecular weight excluding hydrogens is 472 g/mol. The van der Waals surface area contributed by atoms with E-state index in [-0.39, 0.29) is 11.8 Å². The lowest BCUT2D eigenvalue weighted by Gasteiger charge is -2.42. The van der Waals surface area contributed by atoms with Crippen molar-refractivity contribution < 1.29 is 4.79 Å². The molecule has 0 unspecified atom stereocenters. The van der Waals surface area contributed by atoms with E-state index in [1.54, 1.807) is 6.20 Å². The molecule has 1 saturated carbocycles. The third-order valence-corrected chi connectivity index (χ3v) is 8.43. The van der Waals surface area contributed by atoms with Gasteiger partial charge in [-0.05, 0) is 62.8 Å². The topological polar surface area (TPSA) is 59.2 Å². The second kappa shape index (κ2) is 10.7. The zero-order chi connectivity index (χ0) is 26.1. The molecule has 4 aromatic rings. The second-order valence-corrected chi connectivity index (χ2v) is 10.8. The third-order valence-electron chi connectivity index (χ3n) is 8.43. The van der Waals surface area contributed by atoms with E-state index in [0.29, 0.717) is 18.2 Å². The molecule has 7 heteroatoms. The van der Waals surface area contributed by atoms with Crippen molar-refractivity contribution in [3.05, 3.63) is 77.7 Å². The van der Waals surface area contributed by atoms with Gasteiger partial charge < -0.3 is 4.90 Å². The average Bonchev–Trinajstić information content (AvgIpc) is 3.54. The number of rotatable bonds is 9. The smallest absolute Gasteiger partial charge is 0.179 e. The summed E-state index contributed by atoms with van der Waals surface area (Å²) in [5.41, 5.74) is 5.74. The SMILES string of the molecule is CCc1nn(C2CCC2)c2cc(N3CCN(CC(=O)c4cnn(CC)c4)[C@@H](Cc4ccccc4)C3)ccc12. The molecule has 1 saturated heterocycles. The summed E-state index contributed by atoms with van der Waals surface area (Å²) in [4.78, 5) is 18.1. The van der Waals surface area contributed by atoms with Crippen molar-refractivity contribution in [3.63, 3.8) is 0 Å². The lowest BCUT2D eigenvalue weighted by Crippen LogP contribution is -2.55. The Morgan fingerprint density at radius 1 is 1.05 bits per heavy atom. The molecule has 0 bridgehead atoms. The van der Waals surface area contributed by atoms with E-state index in [4.69, 9.17) is 5.10 Å². The van der Waals surface area contributed by atoms with Crippen LogP contribution in [0.1, 0.15) is 60.8 Å². The Morgan fingerprint density at radius 2 is 1.89 bits per heavy atom. The maximum Gasteiger partial charge on any atom is 0.179 e. The molecule has 2 aromatic heterocycles. The lowest BCUT2D eigenvalue weighted by molar-refractivity contribution is 0.0875. The molecule has 0 spiro atoms. The predicted molar refractivity (Wildman–Crippen MR) is 152 cm³/mol. The molecule has 0 amide bonds. The fraction of sp³-hybridized carbons (Fsp3) is 0.452. The molecule has 1 aliphatic carbocycles. The number of Topliss-reactive ketones (excluding diaryl/α,β-unsaturated/α-hetero) is 1. The fourth-order valence-electron chi connectivity index (χ4n) is 5.93. The zero-order valence-corrected chi connectivity index (χ0v) is 22.6. The fourth-order valence-corrected chi connectivity index (χ4v) is 5.93. The molecule has 6 rings (SSSR count). The zero-order valence-electron chi connectivity index (χ0n) is 22.6. The van der Waals surface area contributed by atoms with Gasteiger partial charge in [0.1, 0.15) is 0 Å². The molecule has 1 aliphatic heterocycles. The summed E-state index contributed by atoms with van der Waals surface area (Å²) in [7, 11) is 0. The summed E-state index contributed by atoms with van der Waals surface area (Å²) in [6.45, 7) is 8.07. The summed E-state index contributed by atoms with van der Waals surface area (Å²) in [6.07, 6.45) is 9.21.